The molecule has 0 saturated heterocycles. The molecule has 4 rings (SSSR count). The molecule has 25 heavy (non-hydrogen) atoms. The molecule has 0 bridgehead atoms. The minimum absolute atomic E-state index is 0.228. The largest absolute Gasteiger partial charge is 0.542 e. The summed E-state index contributed by atoms with van der Waals surface area (Å²) >= 11 is 0. The average Bonchev–Trinajstić information content (AvgIpc) is 3.28. The highest BCUT2D eigenvalue weighted by molar-refractivity contribution is 5.76. The molecule has 124 valence electrons. The number of hydrogen-bond donors (Lipinski definition) is 0. The predicted octanol–water partition coefficient (Wildman–Crippen LogP) is 3.74. The summed E-state index contributed by atoms with van der Waals surface area (Å²) < 4.78 is 15.2. The third kappa shape index (κ3) is 3.28. The highest BCUT2D eigenvalue weighted by Crippen LogP contribution is 2.32. The molecular weight excluding hydrogens is 320 g/mol. The number of rotatable bonds is 5. The molecule has 0 unspecified atom stereocenters. The Bertz CT molecular complexity index is 959. The molecule has 2 heterocycles. The maximum atomic E-state index is 10.9. The summed E-state index contributed by atoms with van der Waals surface area (Å²) in [6, 6.07) is 19.7. The minimum Gasteiger partial charge on any atom is -0.440 e. The lowest BCUT2D eigenvalue weighted by Crippen LogP contribution is -1.92. The molecule has 0 aliphatic heterocycles. The Hall–Kier alpha value is -3.41. The molecule has 0 atom stereocenters. The maximum Gasteiger partial charge on any atom is 0.542 e. The summed E-state index contributed by atoms with van der Waals surface area (Å²) in [5.41, 5.74) is 2.71. The Morgan fingerprint density at radius 1 is 0.760 bits per heavy atom. The van der Waals surface area contributed by atoms with Gasteiger partial charge in [-0.05, 0) is 5.16 Å². The second kappa shape index (κ2) is 6.60. The molecule has 0 N–H and O–H groups in total. The summed E-state index contributed by atoms with van der Waals surface area (Å²) in [5.74, 6) is 0.676. The Kier molecular flexibility index (Phi) is 4.00. The summed E-state index contributed by atoms with van der Waals surface area (Å²) in [6.45, 7) is 0. The number of aryl methyl sites for hydroxylation is 2. The van der Waals surface area contributed by atoms with E-state index in [1.165, 1.54) is 0 Å². The molecule has 2 aromatic heterocycles. The SMILES string of the molecule is O=c1onc(CCc2nc(-c3ccccc3)c(-c3ccccc3)o2)o1. The van der Waals surface area contributed by atoms with Crippen molar-refractivity contribution in [3.63, 3.8) is 0 Å². The van der Waals surface area contributed by atoms with Crippen LogP contribution in [0.2, 0.25) is 0 Å². The lowest BCUT2D eigenvalue weighted by Gasteiger charge is -2.00. The first-order valence-corrected chi connectivity index (χ1v) is 7.86. The molecular formula is C19H14N2O4. The van der Waals surface area contributed by atoms with E-state index >= 15 is 0 Å². The smallest absolute Gasteiger partial charge is 0.440 e. The van der Waals surface area contributed by atoms with Crippen LogP contribution in [0, 0.1) is 0 Å². The van der Waals surface area contributed by atoms with E-state index in [2.05, 4.69) is 14.7 Å². The van der Waals surface area contributed by atoms with Gasteiger partial charge in [-0.15, -0.1) is 0 Å². The van der Waals surface area contributed by atoms with Gasteiger partial charge in [-0.2, -0.15) is 0 Å². The molecule has 0 radical (unpaired) electrons. The first-order chi connectivity index (χ1) is 12.3. The quantitative estimate of drug-likeness (QED) is 0.553. The van der Waals surface area contributed by atoms with Gasteiger partial charge in [-0.25, -0.2) is 9.78 Å². The van der Waals surface area contributed by atoms with Gasteiger partial charge in [0.25, 0.3) is 0 Å². The van der Waals surface area contributed by atoms with Gasteiger partial charge in [0.15, 0.2) is 11.7 Å². The second-order valence-corrected chi connectivity index (χ2v) is 5.45. The van der Waals surface area contributed by atoms with E-state index in [4.69, 9.17) is 8.83 Å². The van der Waals surface area contributed by atoms with Gasteiger partial charge in [0, 0.05) is 24.0 Å². The van der Waals surface area contributed by atoms with Crippen molar-refractivity contribution in [1.82, 2.24) is 10.1 Å². The lowest BCUT2D eigenvalue weighted by atomic mass is 10.1. The van der Waals surface area contributed by atoms with Crippen molar-refractivity contribution >= 4 is 0 Å². The topological polar surface area (TPSA) is 82.3 Å². The normalized spacial score (nSPS) is 10.9. The van der Waals surface area contributed by atoms with E-state index in [9.17, 15) is 4.79 Å². The second-order valence-electron chi connectivity index (χ2n) is 5.45. The van der Waals surface area contributed by atoms with Crippen molar-refractivity contribution in [2.75, 3.05) is 0 Å². The molecule has 6 nitrogen and oxygen atoms in total. The Labute approximate surface area is 142 Å². The van der Waals surface area contributed by atoms with Gasteiger partial charge in [-0.3, -0.25) is 4.52 Å². The fourth-order valence-corrected chi connectivity index (χ4v) is 2.58. The number of oxazole rings is 1. The molecule has 0 fully saturated rings. The van der Waals surface area contributed by atoms with Gasteiger partial charge < -0.3 is 8.83 Å². The molecule has 6 heteroatoms. The van der Waals surface area contributed by atoms with Crippen LogP contribution >= 0.6 is 0 Å². The van der Waals surface area contributed by atoms with Crippen molar-refractivity contribution in [3.8, 4) is 22.6 Å². The Morgan fingerprint density at radius 3 is 2.04 bits per heavy atom. The Balaban J connectivity index is 1.69. The average molecular weight is 334 g/mol. The van der Waals surface area contributed by atoms with E-state index in [-0.39, 0.29) is 5.89 Å². The third-order valence-corrected chi connectivity index (χ3v) is 3.73. The molecule has 4 aromatic rings. The van der Waals surface area contributed by atoms with Crippen LogP contribution < -0.4 is 5.82 Å². The van der Waals surface area contributed by atoms with E-state index < -0.39 is 5.82 Å². The molecule has 2 aromatic carbocycles. The highest BCUT2D eigenvalue weighted by atomic mass is 16.6. The van der Waals surface area contributed by atoms with E-state index in [1.807, 2.05) is 60.7 Å². The van der Waals surface area contributed by atoms with Gasteiger partial charge in [-0.1, -0.05) is 60.7 Å². The van der Waals surface area contributed by atoms with E-state index in [0.29, 0.717) is 24.5 Å². The first kappa shape index (κ1) is 15.1. The number of aromatic nitrogens is 2. The van der Waals surface area contributed by atoms with Crippen LogP contribution in [-0.2, 0) is 12.8 Å². The molecule has 0 saturated carbocycles. The van der Waals surface area contributed by atoms with Gasteiger partial charge >= 0.3 is 5.82 Å². The molecule has 0 amide bonds. The van der Waals surface area contributed by atoms with E-state index in [1.54, 1.807) is 0 Å². The monoisotopic (exact) mass is 334 g/mol. The first-order valence-electron chi connectivity index (χ1n) is 7.86. The van der Waals surface area contributed by atoms with Gasteiger partial charge in [0.05, 0.1) is 0 Å². The van der Waals surface area contributed by atoms with Crippen molar-refractivity contribution < 1.29 is 13.4 Å². The fraction of sp³-hybridized carbons (Fsp3) is 0.105. The van der Waals surface area contributed by atoms with Crippen LogP contribution in [0.1, 0.15) is 11.8 Å². The van der Waals surface area contributed by atoms with Crippen LogP contribution in [0.15, 0.2) is 78.8 Å². The van der Waals surface area contributed by atoms with Crippen molar-refractivity contribution in [3.05, 3.63) is 83.1 Å². The van der Waals surface area contributed by atoms with Crippen LogP contribution in [-0.4, -0.2) is 10.1 Å². The Morgan fingerprint density at radius 2 is 1.40 bits per heavy atom. The summed E-state index contributed by atoms with van der Waals surface area (Å²) in [4.78, 5) is 15.5. The summed E-state index contributed by atoms with van der Waals surface area (Å²) in [7, 11) is 0. The van der Waals surface area contributed by atoms with Gasteiger partial charge in [0.2, 0.25) is 5.89 Å². The van der Waals surface area contributed by atoms with Gasteiger partial charge in [0.1, 0.15) is 5.69 Å². The minimum atomic E-state index is -0.808. The predicted molar refractivity (Wildman–Crippen MR) is 89.8 cm³/mol. The maximum absolute atomic E-state index is 10.9. The van der Waals surface area contributed by atoms with Crippen LogP contribution in [0.5, 0.6) is 0 Å². The van der Waals surface area contributed by atoms with Crippen molar-refractivity contribution in [1.29, 1.82) is 0 Å². The molecule has 0 aliphatic carbocycles. The zero-order valence-corrected chi connectivity index (χ0v) is 13.2. The number of nitrogens with zero attached hydrogens (tertiary/aromatic N) is 2. The zero-order chi connectivity index (χ0) is 17.1. The number of benzene rings is 2. The standard InChI is InChI=1S/C19H14N2O4/c22-19-24-16(21-25-19)12-11-15-20-17(13-7-3-1-4-8-13)18(23-15)14-9-5-2-6-10-14/h1-10H,11-12H2. The van der Waals surface area contributed by atoms with Crippen molar-refractivity contribution in [2.45, 2.75) is 12.8 Å². The summed E-state index contributed by atoms with van der Waals surface area (Å²) in [6.07, 6.45) is 0.816. The lowest BCUT2D eigenvalue weighted by molar-refractivity contribution is 0.334. The molecule has 0 aliphatic rings. The van der Waals surface area contributed by atoms with Crippen LogP contribution in [0.4, 0.5) is 0 Å². The van der Waals surface area contributed by atoms with Crippen molar-refractivity contribution in [2.24, 2.45) is 0 Å². The summed E-state index contributed by atoms with van der Waals surface area (Å²) in [5, 5.41) is 3.55. The van der Waals surface area contributed by atoms with Crippen LogP contribution in [0.3, 0.4) is 0 Å². The molecule has 0 spiro atoms. The highest BCUT2D eigenvalue weighted by Gasteiger charge is 2.17. The fourth-order valence-electron chi connectivity index (χ4n) is 2.58. The van der Waals surface area contributed by atoms with Crippen LogP contribution in [0.25, 0.3) is 22.6 Å². The zero-order valence-electron chi connectivity index (χ0n) is 13.2. The third-order valence-electron chi connectivity index (χ3n) is 3.73. The van der Waals surface area contributed by atoms with E-state index in [0.717, 1.165) is 16.8 Å². The number of hydrogen-bond acceptors (Lipinski definition) is 6.